The van der Waals surface area contributed by atoms with E-state index in [-0.39, 0.29) is 11.6 Å². The number of methoxy groups -OCH3 is 1. The van der Waals surface area contributed by atoms with Gasteiger partial charge in [0.1, 0.15) is 11.5 Å². The fourth-order valence-corrected chi connectivity index (χ4v) is 3.43. The summed E-state index contributed by atoms with van der Waals surface area (Å²) < 4.78 is 5.69. The molecule has 1 aliphatic heterocycles. The van der Waals surface area contributed by atoms with E-state index in [1.54, 1.807) is 7.11 Å². The highest BCUT2D eigenvalue weighted by molar-refractivity contribution is 6.25. The predicted octanol–water partition coefficient (Wildman–Crippen LogP) is 5.62. The smallest absolute Gasteiger partial charge is 0.146 e. The van der Waals surface area contributed by atoms with Crippen LogP contribution in [-0.4, -0.2) is 24.1 Å². The maximum atomic E-state index is 5.69. The molecular formula is C23H28N2O. The molecule has 0 fully saturated rings. The summed E-state index contributed by atoms with van der Waals surface area (Å²) in [6, 6.07) is 10.5. The van der Waals surface area contributed by atoms with Crippen molar-refractivity contribution in [3.8, 4) is 0 Å². The van der Waals surface area contributed by atoms with Gasteiger partial charge in [0.25, 0.3) is 0 Å². The van der Waals surface area contributed by atoms with Gasteiger partial charge in [-0.25, -0.2) is 0 Å². The molecule has 3 heteroatoms. The van der Waals surface area contributed by atoms with Crippen molar-refractivity contribution >= 4 is 11.4 Å². The second kappa shape index (κ2) is 7.45. The first-order valence-electron chi connectivity index (χ1n) is 9.42. The van der Waals surface area contributed by atoms with Gasteiger partial charge in [-0.2, -0.15) is 0 Å². The molecule has 3 nitrogen and oxygen atoms in total. The molecular weight excluding hydrogens is 320 g/mol. The number of ether oxygens (including phenoxy) is 1. The van der Waals surface area contributed by atoms with Crippen LogP contribution in [0.5, 0.6) is 0 Å². The molecule has 1 heterocycles. The fourth-order valence-electron chi connectivity index (χ4n) is 3.43. The predicted molar refractivity (Wildman–Crippen MR) is 110 cm³/mol. The zero-order valence-electron chi connectivity index (χ0n) is 16.4. The lowest BCUT2D eigenvalue weighted by atomic mass is 9.83. The average molecular weight is 348 g/mol. The molecule has 1 aromatic rings. The summed E-state index contributed by atoms with van der Waals surface area (Å²) in [5, 5.41) is 0. The minimum atomic E-state index is -0.165. The molecule has 3 rings (SSSR count). The van der Waals surface area contributed by atoms with Crippen molar-refractivity contribution in [1.82, 2.24) is 0 Å². The molecule has 2 unspecified atom stereocenters. The van der Waals surface area contributed by atoms with Crippen LogP contribution >= 0.6 is 0 Å². The largest absolute Gasteiger partial charge is 0.494 e. The molecule has 0 bridgehead atoms. The summed E-state index contributed by atoms with van der Waals surface area (Å²) in [6.45, 7) is 8.67. The maximum absolute atomic E-state index is 5.69. The summed E-state index contributed by atoms with van der Waals surface area (Å²) in [5.74, 6) is 0.806. The third-order valence-electron chi connectivity index (χ3n) is 5.20. The zero-order chi connectivity index (χ0) is 18.7. The van der Waals surface area contributed by atoms with Crippen molar-refractivity contribution in [2.75, 3.05) is 7.11 Å². The Morgan fingerprint density at radius 3 is 2.50 bits per heavy atom. The molecule has 0 amide bonds. The number of dihydropyridines is 1. The van der Waals surface area contributed by atoms with Gasteiger partial charge in [-0.3, -0.25) is 9.98 Å². The number of hydrogen-bond acceptors (Lipinski definition) is 3. The van der Waals surface area contributed by atoms with E-state index >= 15 is 0 Å². The lowest BCUT2D eigenvalue weighted by Gasteiger charge is -2.31. The van der Waals surface area contributed by atoms with E-state index in [0.29, 0.717) is 0 Å². The Morgan fingerprint density at radius 2 is 1.88 bits per heavy atom. The van der Waals surface area contributed by atoms with Gasteiger partial charge in [0.2, 0.25) is 0 Å². The van der Waals surface area contributed by atoms with E-state index in [1.165, 1.54) is 11.1 Å². The molecule has 2 atom stereocenters. The lowest BCUT2D eigenvalue weighted by molar-refractivity contribution is 0.314. The Bertz CT molecular complexity index is 827. The number of hydrogen-bond donors (Lipinski definition) is 0. The van der Waals surface area contributed by atoms with Gasteiger partial charge >= 0.3 is 0 Å². The van der Waals surface area contributed by atoms with Crippen LogP contribution in [0.2, 0.25) is 0 Å². The topological polar surface area (TPSA) is 34.0 Å². The van der Waals surface area contributed by atoms with Crippen LogP contribution in [0.25, 0.3) is 0 Å². The Labute approximate surface area is 156 Å². The highest BCUT2D eigenvalue weighted by atomic mass is 16.5. The standard InChI is InChI=1S/C23H28N2O/c1-6-17-15-23(4,7-2)25-22-20(17)13-19(14-21(22)26-5)24-16(3)18-11-9-8-10-12-18/h8-16H,6-7H2,1-5H3. The highest BCUT2D eigenvalue weighted by Gasteiger charge is 2.31. The van der Waals surface area contributed by atoms with Crippen molar-refractivity contribution in [3.05, 3.63) is 71.0 Å². The van der Waals surface area contributed by atoms with E-state index in [9.17, 15) is 0 Å². The first-order chi connectivity index (χ1) is 12.5. The second-order valence-electron chi connectivity index (χ2n) is 7.11. The molecule has 0 saturated heterocycles. The van der Waals surface area contributed by atoms with Crippen LogP contribution in [0, 0.1) is 0 Å². The summed E-state index contributed by atoms with van der Waals surface area (Å²) >= 11 is 0. The van der Waals surface area contributed by atoms with Crippen LogP contribution < -0.4 is 0 Å². The molecule has 2 aliphatic rings. The van der Waals surface area contributed by atoms with Crippen molar-refractivity contribution < 1.29 is 4.74 Å². The number of aliphatic imine (C=N–C) groups is 2. The van der Waals surface area contributed by atoms with E-state index in [0.717, 1.165) is 35.6 Å². The van der Waals surface area contributed by atoms with Gasteiger partial charge in [0.15, 0.2) is 0 Å². The van der Waals surface area contributed by atoms with Crippen LogP contribution in [-0.2, 0) is 4.74 Å². The third kappa shape index (κ3) is 3.57. The Balaban J connectivity index is 2.03. The van der Waals surface area contributed by atoms with Gasteiger partial charge in [-0.1, -0.05) is 50.3 Å². The van der Waals surface area contributed by atoms with Crippen LogP contribution in [0.3, 0.4) is 0 Å². The van der Waals surface area contributed by atoms with Crippen molar-refractivity contribution in [3.63, 3.8) is 0 Å². The number of nitrogens with zero attached hydrogens (tertiary/aromatic N) is 2. The normalized spacial score (nSPS) is 24.9. The third-order valence-corrected chi connectivity index (χ3v) is 5.20. The Morgan fingerprint density at radius 1 is 1.15 bits per heavy atom. The Hall–Kier alpha value is -2.42. The SMILES string of the molecule is CCC1=CC(C)(CC)N=C2C(OC)=CC(=NC(C)c3ccccc3)C=C12. The van der Waals surface area contributed by atoms with E-state index < -0.39 is 0 Å². The van der Waals surface area contributed by atoms with E-state index in [1.807, 2.05) is 12.1 Å². The van der Waals surface area contributed by atoms with Crippen LogP contribution in [0.15, 0.2) is 75.5 Å². The summed E-state index contributed by atoms with van der Waals surface area (Å²) in [5.41, 5.74) is 5.41. The first-order valence-corrected chi connectivity index (χ1v) is 9.42. The number of rotatable bonds is 5. The maximum Gasteiger partial charge on any atom is 0.146 e. The summed E-state index contributed by atoms with van der Waals surface area (Å²) in [4.78, 5) is 9.92. The van der Waals surface area contributed by atoms with Gasteiger partial charge in [0.05, 0.1) is 24.4 Å². The zero-order valence-corrected chi connectivity index (χ0v) is 16.4. The quantitative estimate of drug-likeness (QED) is 0.636. The summed E-state index contributed by atoms with van der Waals surface area (Å²) in [7, 11) is 1.71. The number of allylic oxidation sites excluding steroid dienone is 4. The van der Waals surface area contributed by atoms with Gasteiger partial charge < -0.3 is 4.74 Å². The molecule has 1 aliphatic carbocycles. The van der Waals surface area contributed by atoms with Crippen molar-refractivity contribution in [2.24, 2.45) is 9.98 Å². The summed E-state index contributed by atoms with van der Waals surface area (Å²) in [6.07, 6.45) is 8.41. The number of benzene rings is 1. The Kier molecular flexibility index (Phi) is 5.26. The second-order valence-corrected chi connectivity index (χ2v) is 7.11. The van der Waals surface area contributed by atoms with Gasteiger partial charge in [-0.05, 0) is 43.9 Å². The minimum absolute atomic E-state index is 0.0921. The monoisotopic (exact) mass is 348 g/mol. The molecule has 0 aromatic heterocycles. The molecule has 136 valence electrons. The van der Waals surface area contributed by atoms with Crippen molar-refractivity contribution in [1.29, 1.82) is 0 Å². The molecule has 1 aromatic carbocycles. The number of fused-ring (bicyclic) bond motifs is 1. The van der Waals surface area contributed by atoms with Crippen molar-refractivity contribution in [2.45, 2.75) is 52.1 Å². The molecule has 0 spiro atoms. The molecule has 0 N–H and O–H groups in total. The van der Waals surface area contributed by atoms with Gasteiger partial charge in [-0.15, -0.1) is 0 Å². The minimum Gasteiger partial charge on any atom is -0.494 e. The highest BCUT2D eigenvalue weighted by Crippen LogP contribution is 2.35. The van der Waals surface area contributed by atoms with Gasteiger partial charge in [0, 0.05) is 11.6 Å². The lowest BCUT2D eigenvalue weighted by Crippen LogP contribution is -2.30. The average Bonchev–Trinajstić information content (AvgIpc) is 2.67. The fraction of sp³-hybridized carbons (Fsp3) is 0.391. The van der Waals surface area contributed by atoms with Crippen LogP contribution in [0.4, 0.5) is 0 Å². The molecule has 0 radical (unpaired) electrons. The van der Waals surface area contributed by atoms with E-state index in [4.69, 9.17) is 14.7 Å². The first kappa shape index (κ1) is 18.4. The van der Waals surface area contributed by atoms with Crippen LogP contribution in [0.1, 0.15) is 52.1 Å². The molecule has 0 saturated carbocycles. The molecule has 26 heavy (non-hydrogen) atoms. The van der Waals surface area contributed by atoms with E-state index in [2.05, 4.69) is 64.1 Å².